The molecule has 0 heterocycles. The molecular weight excluding hydrogens is 292 g/mol. The Morgan fingerprint density at radius 2 is 2.14 bits per heavy atom. The van der Waals surface area contributed by atoms with Crippen molar-refractivity contribution in [1.82, 2.24) is 10.2 Å². The van der Waals surface area contributed by atoms with Gasteiger partial charge in [-0.3, -0.25) is 4.79 Å². The van der Waals surface area contributed by atoms with E-state index in [1.54, 1.807) is 18.0 Å². The van der Waals surface area contributed by atoms with Gasteiger partial charge in [0.15, 0.2) is 0 Å². The van der Waals surface area contributed by atoms with Gasteiger partial charge in [0.05, 0.1) is 11.5 Å². The van der Waals surface area contributed by atoms with Crippen LogP contribution in [0.4, 0.5) is 4.79 Å². The number of nitrogens with zero attached hydrogens (tertiary/aromatic N) is 1. The number of nitrogens with one attached hydrogen (secondary N) is 1. The highest BCUT2D eigenvalue weighted by atomic mass is 35.5. The van der Waals surface area contributed by atoms with Crippen LogP contribution >= 0.6 is 11.6 Å². The molecule has 0 aromatic heterocycles. The third kappa shape index (κ3) is 3.47. The number of carbonyl (C=O) groups is 2. The molecule has 2 N–H and O–H groups in total. The van der Waals surface area contributed by atoms with E-state index in [0.29, 0.717) is 17.9 Å². The fraction of sp³-hybridized carbons (Fsp3) is 0.467. The van der Waals surface area contributed by atoms with Gasteiger partial charge >= 0.3 is 12.0 Å². The van der Waals surface area contributed by atoms with E-state index in [4.69, 9.17) is 16.7 Å². The lowest BCUT2D eigenvalue weighted by Crippen LogP contribution is -2.42. The second-order valence-corrected chi connectivity index (χ2v) is 6.02. The van der Waals surface area contributed by atoms with E-state index >= 15 is 0 Å². The fourth-order valence-electron chi connectivity index (χ4n) is 2.15. The van der Waals surface area contributed by atoms with Crippen molar-refractivity contribution in [2.45, 2.75) is 25.8 Å². The Morgan fingerprint density at radius 3 is 2.67 bits per heavy atom. The van der Waals surface area contributed by atoms with Crippen LogP contribution in [0.15, 0.2) is 24.3 Å². The number of rotatable bonds is 5. The van der Waals surface area contributed by atoms with Crippen LogP contribution < -0.4 is 5.32 Å². The zero-order valence-electron chi connectivity index (χ0n) is 12.1. The number of hydrogen-bond acceptors (Lipinski definition) is 2. The minimum absolute atomic E-state index is 0.149. The molecule has 1 aliphatic carbocycles. The molecule has 1 aromatic rings. The van der Waals surface area contributed by atoms with Crippen molar-refractivity contribution in [3.63, 3.8) is 0 Å². The molecule has 0 aliphatic heterocycles. The van der Waals surface area contributed by atoms with Gasteiger partial charge in [-0.25, -0.2) is 4.79 Å². The summed E-state index contributed by atoms with van der Waals surface area (Å²) in [5.41, 5.74) is 0.176. The average Bonchev–Trinajstić information content (AvgIpc) is 3.24. The number of carbonyl (C=O) groups excluding carboxylic acids is 1. The SMILES string of the molecule is CC(c1cccc(Cl)c1)N(C)C(=O)NCC1(C(=O)O)CC1. The van der Waals surface area contributed by atoms with E-state index in [2.05, 4.69) is 5.32 Å². The highest BCUT2D eigenvalue weighted by molar-refractivity contribution is 6.30. The van der Waals surface area contributed by atoms with Gasteiger partial charge in [0.1, 0.15) is 0 Å². The van der Waals surface area contributed by atoms with Crippen LogP contribution in [0.3, 0.4) is 0 Å². The Kier molecular flexibility index (Phi) is 4.42. The molecule has 0 radical (unpaired) electrons. The Bertz CT molecular complexity index is 558. The summed E-state index contributed by atoms with van der Waals surface area (Å²) in [6.45, 7) is 2.07. The number of halogens is 1. The maximum atomic E-state index is 12.1. The Balaban J connectivity index is 1.94. The molecular formula is C15H19ClN2O3. The smallest absolute Gasteiger partial charge is 0.317 e. The third-order valence-electron chi connectivity index (χ3n) is 4.12. The summed E-state index contributed by atoms with van der Waals surface area (Å²) in [6.07, 6.45) is 1.24. The molecule has 114 valence electrons. The van der Waals surface area contributed by atoms with Crippen molar-refractivity contribution in [3.05, 3.63) is 34.9 Å². The number of hydrogen-bond donors (Lipinski definition) is 2. The van der Waals surface area contributed by atoms with E-state index in [-0.39, 0.29) is 18.6 Å². The van der Waals surface area contributed by atoms with Gasteiger partial charge in [-0.15, -0.1) is 0 Å². The van der Waals surface area contributed by atoms with Crippen LogP contribution in [0.2, 0.25) is 5.02 Å². The molecule has 1 aromatic carbocycles. The van der Waals surface area contributed by atoms with Gasteiger partial charge in [0.25, 0.3) is 0 Å². The zero-order valence-corrected chi connectivity index (χ0v) is 12.9. The van der Waals surface area contributed by atoms with Crippen molar-refractivity contribution in [2.75, 3.05) is 13.6 Å². The standard InChI is InChI=1S/C15H19ClN2O3/c1-10(11-4-3-5-12(16)8-11)18(2)14(21)17-9-15(6-7-15)13(19)20/h3-5,8,10H,6-7,9H2,1-2H3,(H,17,21)(H,19,20). The second-order valence-electron chi connectivity index (χ2n) is 5.59. The van der Waals surface area contributed by atoms with Gasteiger partial charge in [0.2, 0.25) is 0 Å². The minimum atomic E-state index is -0.839. The van der Waals surface area contributed by atoms with Gasteiger partial charge < -0.3 is 15.3 Å². The molecule has 1 atom stereocenters. The molecule has 0 bridgehead atoms. The molecule has 1 aliphatic rings. The topological polar surface area (TPSA) is 69.6 Å². The first-order chi connectivity index (χ1) is 9.85. The number of carboxylic acid groups (broad SMARTS) is 1. The molecule has 6 heteroatoms. The molecule has 0 spiro atoms. The largest absolute Gasteiger partial charge is 0.481 e. The third-order valence-corrected chi connectivity index (χ3v) is 4.35. The van der Waals surface area contributed by atoms with Crippen LogP contribution in [-0.2, 0) is 4.79 Å². The summed E-state index contributed by atoms with van der Waals surface area (Å²) in [5.74, 6) is -0.839. The van der Waals surface area contributed by atoms with E-state index < -0.39 is 11.4 Å². The Morgan fingerprint density at radius 1 is 1.48 bits per heavy atom. The minimum Gasteiger partial charge on any atom is -0.481 e. The van der Waals surface area contributed by atoms with Crippen LogP contribution in [0, 0.1) is 5.41 Å². The molecule has 1 unspecified atom stereocenters. The van der Waals surface area contributed by atoms with Crippen molar-refractivity contribution in [1.29, 1.82) is 0 Å². The highest BCUT2D eigenvalue weighted by Gasteiger charge is 2.50. The summed E-state index contributed by atoms with van der Waals surface area (Å²) in [6, 6.07) is 6.90. The van der Waals surface area contributed by atoms with Crippen molar-refractivity contribution in [2.24, 2.45) is 5.41 Å². The van der Waals surface area contributed by atoms with E-state index in [0.717, 1.165) is 5.56 Å². The molecule has 21 heavy (non-hydrogen) atoms. The maximum Gasteiger partial charge on any atom is 0.317 e. The van der Waals surface area contributed by atoms with Gasteiger partial charge in [0, 0.05) is 18.6 Å². The lowest BCUT2D eigenvalue weighted by molar-refractivity contribution is -0.143. The van der Waals surface area contributed by atoms with Gasteiger partial charge in [-0.2, -0.15) is 0 Å². The van der Waals surface area contributed by atoms with E-state index in [9.17, 15) is 9.59 Å². The molecule has 0 saturated heterocycles. The monoisotopic (exact) mass is 310 g/mol. The lowest BCUT2D eigenvalue weighted by atomic mass is 10.1. The fourth-order valence-corrected chi connectivity index (χ4v) is 2.35. The summed E-state index contributed by atoms with van der Waals surface area (Å²) in [4.78, 5) is 24.8. The summed E-state index contributed by atoms with van der Waals surface area (Å²) < 4.78 is 0. The first kappa shape index (κ1) is 15.6. The molecule has 5 nitrogen and oxygen atoms in total. The zero-order chi connectivity index (χ0) is 15.6. The van der Waals surface area contributed by atoms with Crippen LogP contribution in [-0.4, -0.2) is 35.6 Å². The second kappa shape index (κ2) is 5.93. The number of amides is 2. The number of benzene rings is 1. The number of urea groups is 1. The van der Waals surface area contributed by atoms with Gasteiger partial charge in [-0.1, -0.05) is 23.7 Å². The predicted octanol–water partition coefficient (Wildman–Crippen LogP) is 2.91. The van der Waals surface area contributed by atoms with Crippen molar-refractivity contribution in [3.8, 4) is 0 Å². The molecule has 1 saturated carbocycles. The predicted molar refractivity (Wildman–Crippen MR) is 80.3 cm³/mol. The maximum absolute atomic E-state index is 12.1. The first-order valence-electron chi connectivity index (χ1n) is 6.85. The normalized spacial score (nSPS) is 16.9. The van der Waals surface area contributed by atoms with Crippen LogP contribution in [0.25, 0.3) is 0 Å². The molecule has 2 rings (SSSR count). The molecule has 2 amide bonds. The number of aliphatic carboxylic acids is 1. The lowest BCUT2D eigenvalue weighted by Gasteiger charge is -2.26. The Hall–Kier alpha value is -1.75. The van der Waals surface area contributed by atoms with Gasteiger partial charge in [-0.05, 0) is 37.5 Å². The van der Waals surface area contributed by atoms with E-state index in [1.807, 2.05) is 25.1 Å². The molecule has 1 fully saturated rings. The van der Waals surface area contributed by atoms with Crippen molar-refractivity contribution < 1.29 is 14.7 Å². The first-order valence-corrected chi connectivity index (χ1v) is 7.23. The summed E-state index contributed by atoms with van der Waals surface area (Å²) in [7, 11) is 1.68. The highest BCUT2D eigenvalue weighted by Crippen LogP contribution is 2.45. The van der Waals surface area contributed by atoms with E-state index in [1.165, 1.54) is 0 Å². The Labute approximate surface area is 128 Å². The number of carboxylic acids is 1. The summed E-state index contributed by atoms with van der Waals surface area (Å²) >= 11 is 5.95. The summed E-state index contributed by atoms with van der Waals surface area (Å²) in [5, 5.41) is 12.4. The average molecular weight is 311 g/mol. The van der Waals surface area contributed by atoms with Crippen LogP contribution in [0.1, 0.15) is 31.4 Å². The van der Waals surface area contributed by atoms with Crippen LogP contribution in [0.5, 0.6) is 0 Å². The quantitative estimate of drug-likeness (QED) is 0.878. The van der Waals surface area contributed by atoms with Crippen molar-refractivity contribution >= 4 is 23.6 Å².